The second kappa shape index (κ2) is 7.37. The highest BCUT2D eigenvalue weighted by Crippen LogP contribution is 2.06. The summed E-state index contributed by atoms with van der Waals surface area (Å²) in [4.78, 5) is 8.42. The maximum atomic E-state index is 9.05. The highest BCUT2D eigenvalue weighted by Gasteiger charge is 2.14. The van der Waals surface area contributed by atoms with Crippen LogP contribution in [0.5, 0.6) is 0 Å². The number of hydrogen-bond acceptors (Lipinski definition) is 3. The van der Waals surface area contributed by atoms with Gasteiger partial charge >= 0.3 is 7.12 Å². The quantitative estimate of drug-likeness (QED) is 0.443. The smallest absolute Gasteiger partial charge is 0.421 e. The van der Waals surface area contributed by atoms with Gasteiger partial charge in [0.15, 0.2) is 5.84 Å². The summed E-state index contributed by atoms with van der Waals surface area (Å²) in [7, 11) is -1.80. The van der Waals surface area contributed by atoms with Gasteiger partial charge in [-0.2, -0.15) is 0 Å². The Labute approximate surface area is 123 Å². The highest BCUT2D eigenvalue weighted by molar-refractivity contribution is 6.79. The number of nitrogens with two attached hydrogens (primary N) is 1. The van der Waals surface area contributed by atoms with Gasteiger partial charge in [0, 0.05) is 5.56 Å². The van der Waals surface area contributed by atoms with E-state index in [1.54, 1.807) is 0 Å². The van der Waals surface area contributed by atoms with Crippen molar-refractivity contribution >= 4 is 18.7 Å². The molecule has 0 aromatic heterocycles. The van der Waals surface area contributed by atoms with Crippen molar-refractivity contribution in [3.05, 3.63) is 71.8 Å². The average molecular weight is 281 g/mol. The summed E-state index contributed by atoms with van der Waals surface area (Å²) in [5, 5.41) is 18.1. The van der Waals surface area contributed by atoms with Crippen LogP contribution in [0.15, 0.2) is 70.6 Å². The molecule has 0 aliphatic carbocycles. The molecule has 0 saturated carbocycles. The normalized spacial score (nSPS) is 12.3. The number of rotatable bonds is 4. The Morgan fingerprint density at radius 2 is 1.52 bits per heavy atom. The Morgan fingerprint density at radius 3 is 2.10 bits per heavy atom. The molecule has 2 aromatic rings. The third-order valence-corrected chi connectivity index (χ3v) is 2.79. The standard InChI is InChI=1S/C15H16BN3O2/c17-15(16(20)21)19-14(13-9-5-2-6-10-13)18-11-12-7-3-1-4-8-12/h1-10,20-21H,11H2,(H2,17,18,19). The Balaban J connectivity index is 2.30. The van der Waals surface area contributed by atoms with Crippen molar-refractivity contribution < 1.29 is 10.0 Å². The summed E-state index contributed by atoms with van der Waals surface area (Å²) in [6.07, 6.45) is 0. The number of aliphatic imine (C=N–C) groups is 2. The van der Waals surface area contributed by atoms with Crippen LogP contribution < -0.4 is 5.73 Å². The van der Waals surface area contributed by atoms with Gasteiger partial charge in [-0.25, -0.2) is 4.99 Å². The van der Waals surface area contributed by atoms with Gasteiger partial charge < -0.3 is 15.8 Å². The van der Waals surface area contributed by atoms with Crippen molar-refractivity contribution in [2.45, 2.75) is 6.54 Å². The lowest BCUT2D eigenvalue weighted by Gasteiger charge is -2.04. The summed E-state index contributed by atoms with van der Waals surface area (Å²) in [6.45, 7) is 0.434. The van der Waals surface area contributed by atoms with E-state index in [0.717, 1.165) is 11.1 Å². The number of amidine groups is 2. The van der Waals surface area contributed by atoms with Crippen LogP contribution >= 0.6 is 0 Å². The van der Waals surface area contributed by atoms with E-state index in [9.17, 15) is 0 Å². The molecule has 0 bridgehead atoms. The van der Waals surface area contributed by atoms with Crippen LogP contribution in [0.25, 0.3) is 0 Å². The molecule has 0 unspecified atom stereocenters. The van der Waals surface area contributed by atoms with Crippen molar-refractivity contribution in [1.29, 1.82) is 0 Å². The molecule has 5 nitrogen and oxygen atoms in total. The molecule has 0 amide bonds. The van der Waals surface area contributed by atoms with E-state index in [1.807, 2.05) is 60.7 Å². The lowest BCUT2D eigenvalue weighted by atomic mass is 9.90. The molecular formula is C15H16BN3O2. The van der Waals surface area contributed by atoms with E-state index in [4.69, 9.17) is 15.8 Å². The second-order valence-corrected chi connectivity index (χ2v) is 4.40. The fourth-order valence-electron chi connectivity index (χ4n) is 1.71. The van der Waals surface area contributed by atoms with Gasteiger partial charge in [0.05, 0.1) is 6.54 Å². The molecule has 0 fully saturated rings. The summed E-state index contributed by atoms with van der Waals surface area (Å²) < 4.78 is 0. The van der Waals surface area contributed by atoms with E-state index in [2.05, 4.69) is 9.98 Å². The molecule has 0 heterocycles. The molecule has 21 heavy (non-hydrogen) atoms. The monoisotopic (exact) mass is 281 g/mol. The summed E-state index contributed by atoms with van der Waals surface area (Å²) in [5.74, 6) is 0.366. The molecule has 0 saturated heterocycles. The van der Waals surface area contributed by atoms with Crippen LogP contribution in [0.4, 0.5) is 0 Å². The molecule has 106 valence electrons. The molecule has 0 spiro atoms. The zero-order valence-electron chi connectivity index (χ0n) is 11.4. The van der Waals surface area contributed by atoms with E-state index in [1.165, 1.54) is 0 Å². The number of nitrogens with zero attached hydrogens (tertiary/aromatic N) is 2. The van der Waals surface area contributed by atoms with E-state index in [-0.39, 0.29) is 5.73 Å². The molecule has 0 radical (unpaired) electrons. The van der Waals surface area contributed by atoms with Gasteiger partial charge in [0.25, 0.3) is 0 Å². The largest absolute Gasteiger partial charge is 0.525 e. The van der Waals surface area contributed by atoms with E-state index in [0.29, 0.717) is 12.4 Å². The fraction of sp³-hybridized carbons (Fsp3) is 0.0667. The minimum absolute atomic E-state index is 0.286. The zero-order chi connectivity index (χ0) is 15.1. The van der Waals surface area contributed by atoms with Crippen LogP contribution in [-0.2, 0) is 6.54 Å². The SMILES string of the molecule is N/C(=N\C(=N/Cc1ccccc1)c1ccccc1)B(O)O. The van der Waals surface area contributed by atoms with Crippen molar-refractivity contribution in [3.8, 4) is 0 Å². The molecule has 0 atom stereocenters. The van der Waals surface area contributed by atoms with Crippen LogP contribution in [-0.4, -0.2) is 28.7 Å². The van der Waals surface area contributed by atoms with E-state index < -0.39 is 7.12 Å². The Kier molecular flexibility index (Phi) is 5.25. The molecule has 2 aromatic carbocycles. The predicted octanol–water partition coefficient (Wildman–Crippen LogP) is 1.00. The van der Waals surface area contributed by atoms with Gasteiger partial charge in [-0.1, -0.05) is 60.7 Å². The zero-order valence-corrected chi connectivity index (χ0v) is 11.4. The van der Waals surface area contributed by atoms with Crippen molar-refractivity contribution in [3.63, 3.8) is 0 Å². The molecule has 0 aliphatic rings. The topological polar surface area (TPSA) is 91.2 Å². The van der Waals surface area contributed by atoms with Crippen LogP contribution in [0, 0.1) is 0 Å². The van der Waals surface area contributed by atoms with Crippen LogP contribution in [0.1, 0.15) is 11.1 Å². The lowest BCUT2D eigenvalue weighted by Crippen LogP contribution is -2.34. The summed E-state index contributed by atoms with van der Waals surface area (Å²) >= 11 is 0. The Bertz CT molecular complexity index is 628. The summed E-state index contributed by atoms with van der Waals surface area (Å²) in [5.41, 5.74) is 7.00. The molecule has 4 N–H and O–H groups in total. The van der Waals surface area contributed by atoms with Crippen molar-refractivity contribution in [1.82, 2.24) is 0 Å². The summed E-state index contributed by atoms with van der Waals surface area (Å²) in [6, 6.07) is 19.0. The number of hydrogen-bond donors (Lipinski definition) is 3. The second-order valence-electron chi connectivity index (χ2n) is 4.40. The van der Waals surface area contributed by atoms with E-state index >= 15 is 0 Å². The third kappa shape index (κ3) is 4.56. The van der Waals surface area contributed by atoms with Crippen LogP contribution in [0.2, 0.25) is 0 Å². The Morgan fingerprint density at radius 1 is 0.952 bits per heavy atom. The highest BCUT2D eigenvalue weighted by atomic mass is 16.4. The third-order valence-electron chi connectivity index (χ3n) is 2.79. The van der Waals surface area contributed by atoms with Crippen molar-refractivity contribution in [2.24, 2.45) is 15.7 Å². The first kappa shape index (κ1) is 15.0. The van der Waals surface area contributed by atoms with Gasteiger partial charge in [0.2, 0.25) is 0 Å². The molecular weight excluding hydrogens is 265 g/mol. The van der Waals surface area contributed by atoms with Crippen molar-refractivity contribution in [2.75, 3.05) is 0 Å². The first-order valence-corrected chi connectivity index (χ1v) is 6.51. The first-order valence-electron chi connectivity index (χ1n) is 6.51. The molecule has 0 aliphatic heterocycles. The maximum Gasteiger partial charge on any atom is 0.525 e. The molecule has 2 rings (SSSR count). The van der Waals surface area contributed by atoms with Gasteiger partial charge in [-0.3, -0.25) is 4.99 Å². The molecule has 6 heteroatoms. The van der Waals surface area contributed by atoms with Crippen LogP contribution in [0.3, 0.4) is 0 Å². The lowest BCUT2D eigenvalue weighted by molar-refractivity contribution is 0.429. The van der Waals surface area contributed by atoms with Gasteiger partial charge in [-0.05, 0) is 5.56 Å². The van der Waals surface area contributed by atoms with Gasteiger partial charge in [-0.15, -0.1) is 0 Å². The predicted molar refractivity (Wildman–Crippen MR) is 84.9 cm³/mol. The first-order chi connectivity index (χ1) is 10.2. The Hall–Kier alpha value is -2.44. The fourth-order valence-corrected chi connectivity index (χ4v) is 1.71. The number of benzene rings is 2. The minimum Gasteiger partial charge on any atom is -0.421 e. The minimum atomic E-state index is -1.80. The average Bonchev–Trinajstić information content (AvgIpc) is 2.53. The van der Waals surface area contributed by atoms with Gasteiger partial charge in [0.1, 0.15) is 5.73 Å². The maximum absolute atomic E-state index is 9.05.